The summed E-state index contributed by atoms with van der Waals surface area (Å²) in [6, 6.07) is 16.4. The molecule has 2 amide bonds. The van der Waals surface area contributed by atoms with Crippen LogP contribution in [0.2, 0.25) is 0 Å². The highest BCUT2D eigenvalue weighted by Crippen LogP contribution is 2.16. The predicted octanol–water partition coefficient (Wildman–Crippen LogP) is 4.18. The average molecular weight is 409 g/mol. The van der Waals surface area contributed by atoms with Gasteiger partial charge in [-0.05, 0) is 43.2 Å². The zero-order valence-corrected chi connectivity index (χ0v) is 17.0. The van der Waals surface area contributed by atoms with Gasteiger partial charge in [0.05, 0.1) is 6.54 Å². The van der Waals surface area contributed by atoms with E-state index in [9.17, 15) is 14.0 Å². The molecule has 0 spiro atoms. The van der Waals surface area contributed by atoms with Gasteiger partial charge in [-0.2, -0.15) is 0 Å². The molecule has 1 aromatic heterocycles. The van der Waals surface area contributed by atoms with E-state index in [1.165, 1.54) is 18.2 Å². The number of hydrogen-bond donors (Lipinski definition) is 1. The fourth-order valence-electron chi connectivity index (χ4n) is 2.93. The van der Waals surface area contributed by atoms with Crippen molar-refractivity contribution in [1.82, 2.24) is 15.4 Å². The van der Waals surface area contributed by atoms with E-state index in [4.69, 9.17) is 4.52 Å². The maximum Gasteiger partial charge on any atom is 0.273 e. The molecule has 0 aliphatic carbocycles. The number of hydrogen-bond acceptors (Lipinski definition) is 4. The molecule has 1 atom stereocenters. The number of rotatable bonds is 8. The first-order valence-corrected chi connectivity index (χ1v) is 9.82. The molecule has 1 heterocycles. The molecule has 0 bridgehead atoms. The topological polar surface area (TPSA) is 75.4 Å². The van der Waals surface area contributed by atoms with Gasteiger partial charge in [-0.1, -0.05) is 42.4 Å². The van der Waals surface area contributed by atoms with Crippen molar-refractivity contribution in [3.63, 3.8) is 0 Å². The van der Waals surface area contributed by atoms with Crippen LogP contribution in [0.5, 0.6) is 0 Å². The van der Waals surface area contributed by atoms with Crippen LogP contribution in [0.3, 0.4) is 0 Å². The Balaban J connectivity index is 1.66. The molecule has 156 valence electrons. The standard InChI is InChI=1S/C23H24FN3O3/c1-3-16(2)27(23(29)18-7-5-4-6-8-18)15-20-13-21(26-30-20)22(28)25-14-17-9-11-19(24)12-10-17/h4-13,16H,3,14-15H2,1-2H3,(H,25,28). The Kier molecular flexibility index (Phi) is 6.95. The van der Waals surface area contributed by atoms with E-state index in [1.54, 1.807) is 29.2 Å². The lowest BCUT2D eigenvalue weighted by atomic mass is 10.1. The van der Waals surface area contributed by atoms with Gasteiger partial charge < -0.3 is 14.7 Å². The highest BCUT2D eigenvalue weighted by Gasteiger charge is 2.23. The van der Waals surface area contributed by atoms with Crippen LogP contribution in [0.1, 0.15) is 52.4 Å². The van der Waals surface area contributed by atoms with E-state index in [2.05, 4.69) is 10.5 Å². The molecule has 0 saturated heterocycles. The number of benzene rings is 2. The maximum absolute atomic E-state index is 13.0. The first kappa shape index (κ1) is 21.2. The van der Waals surface area contributed by atoms with Crippen molar-refractivity contribution < 1.29 is 18.5 Å². The van der Waals surface area contributed by atoms with Crippen LogP contribution < -0.4 is 5.32 Å². The van der Waals surface area contributed by atoms with Crippen molar-refractivity contribution in [3.05, 3.63) is 89.1 Å². The predicted molar refractivity (Wildman–Crippen MR) is 110 cm³/mol. The Labute approximate surface area is 174 Å². The van der Waals surface area contributed by atoms with Crippen LogP contribution in [0.15, 0.2) is 65.2 Å². The summed E-state index contributed by atoms with van der Waals surface area (Å²) in [6.45, 7) is 4.42. The zero-order valence-electron chi connectivity index (χ0n) is 17.0. The first-order valence-electron chi connectivity index (χ1n) is 9.82. The van der Waals surface area contributed by atoms with Gasteiger partial charge in [-0.3, -0.25) is 9.59 Å². The molecular weight excluding hydrogens is 385 g/mol. The quantitative estimate of drug-likeness (QED) is 0.605. The second-order valence-corrected chi connectivity index (χ2v) is 7.04. The molecule has 7 heteroatoms. The second kappa shape index (κ2) is 9.82. The van der Waals surface area contributed by atoms with Gasteiger partial charge in [-0.15, -0.1) is 0 Å². The molecule has 2 aromatic carbocycles. The Morgan fingerprint density at radius 3 is 2.50 bits per heavy atom. The summed E-state index contributed by atoms with van der Waals surface area (Å²) in [6.07, 6.45) is 0.776. The van der Waals surface area contributed by atoms with Gasteiger partial charge in [-0.25, -0.2) is 4.39 Å². The van der Waals surface area contributed by atoms with Crippen LogP contribution in [-0.2, 0) is 13.1 Å². The average Bonchev–Trinajstić information content (AvgIpc) is 3.25. The van der Waals surface area contributed by atoms with E-state index in [-0.39, 0.29) is 36.5 Å². The van der Waals surface area contributed by atoms with E-state index in [0.29, 0.717) is 11.3 Å². The zero-order chi connectivity index (χ0) is 21.5. The number of carbonyl (C=O) groups is 2. The van der Waals surface area contributed by atoms with Crippen LogP contribution in [-0.4, -0.2) is 27.9 Å². The van der Waals surface area contributed by atoms with Crippen molar-refractivity contribution in [3.8, 4) is 0 Å². The normalized spacial score (nSPS) is 11.7. The number of aromatic nitrogens is 1. The fourth-order valence-corrected chi connectivity index (χ4v) is 2.93. The minimum Gasteiger partial charge on any atom is -0.359 e. The summed E-state index contributed by atoms with van der Waals surface area (Å²) < 4.78 is 18.3. The molecular formula is C23H24FN3O3. The van der Waals surface area contributed by atoms with E-state index in [1.807, 2.05) is 32.0 Å². The smallest absolute Gasteiger partial charge is 0.273 e. The number of amides is 2. The lowest BCUT2D eigenvalue weighted by Crippen LogP contribution is -2.37. The van der Waals surface area contributed by atoms with Crippen molar-refractivity contribution in [1.29, 1.82) is 0 Å². The van der Waals surface area contributed by atoms with Crippen molar-refractivity contribution in [2.24, 2.45) is 0 Å². The van der Waals surface area contributed by atoms with E-state index in [0.717, 1.165) is 12.0 Å². The van der Waals surface area contributed by atoms with Gasteiger partial charge in [0.2, 0.25) is 0 Å². The highest BCUT2D eigenvalue weighted by molar-refractivity contribution is 5.94. The summed E-state index contributed by atoms with van der Waals surface area (Å²) in [5.74, 6) is -0.420. The van der Waals surface area contributed by atoms with Crippen molar-refractivity contribution >= 4 is 11.8 Å². The lowest BCUT2D eigenvalue weighted by molar-refractivity contribution is 0.0651. The molecule has 0 radical (unpaired) electrons. The molecule has 0 saturated carbocycles. The minimum absolute atomic E-state index is 0.0152. The van der Waals surface area contributed by atoms with Crippen LogP contribution in [0.4, 0.5) is 4.39 Å². The van der Waals surface area contributed by atoms with Crippen molar-refractivity contribution in [2.75, 3.05) is 0 Å². The van der Waals surface area contributed by atoms with E-state index >= 15 is 0 Å². The third-order valence-electron chi connectivity index (χ3n) is 4.89. The number of nitrogens with zero attached hydrogens (tertiary/aromatic N) is 2. The molecule has 0 fully saturated rings. The first-order chi connectivity index (χ1) is 14.5. The molecule has 1 unspecified atom stereocenters. The number of nitrogens with one attached hydrogen (secondary N) is 1. The molecule has 6 nitrogen and oxygen atoms in total. The summed E-state index contributed by atoms with van der Waals surface area (Å²) in [7, 11) is 0. The summed E-state index contributed by atoms with van der Waals surface area (Å²) in [5, 5.41) is 6.55. The van der Waals surface area contributed by atoms with Crippen LogP contribution in [0, 0.1) is 5.82 Å². The molecule has 1 N–H and O–H groups in total. The number of halogens is 1. The van der Waals surface area contributed by atoms with Gasteiger partial charge in [0.25, 0.3) is 11.8 Å². The molecule has 3 rings (SSSR count). The molecule has 0 aliphatic rings. The Morgan fingerprint density at radius 2 is 1.83 bits per heavy atom. The highest BCUT2D eigenvalue weighted by atomic mass is 19.1. The van der Waals surface area contributed by atoms with Gasteiger partial charge in [0.1, 0.15) is 5.82 Å². The molecule has 0 aliphatic heterocycles. The Hall–Kier alpha value is -3.48. The van der Waals surface area contributed by atoms with Gasteiger partial charge in [0.15, 0.2) is 11.5 Å². The number of carbonyl (C=O) groups excluding carboxylic acids is 2. The summed E-state index contributed by atoms with van der Waals surface area (Å²) in [5.41, 5.74) is 1.49. The van der Waals surface area contributed by atoms with E-state index < -0.39 is 5.91 Å². The van der Waals surface area contributed by atoms with Gasteiger partial charge in [0, 0.05) is 24.2 Å². The van der Waals surface area contributed by atoms with Crippen LogP contribution >= 0.6 is 0 Å². The Morgan fingerprint density at radius 1 is 1.13 bits per heavy atom. The lowest BCUT2D eigenvalue weighted by Gasteiger charge is -2.27. The minimum atomic E-state index is -0.404. The monoisotopic (exact) mass is 409 g/mol. The molecule has 3 aromatic rings. The summed E-state index contributed by atoms with van der Waals surface area (Å²) in [4.78, 5) is 27.0. The third kappa shape index (κ3) is 5.31. The Bertz CT molecular complexity index is 986. The molecule has 30 heavy (non-hydrogen) atoms. The van der Waals surface area contributed by atoms with Crippen molar-refractivity contribution in [2.45, 2.75) is 39.4 Å². The maximum atomic E-state index is 13.0. The van der Waals surface area contributed by atoms with Crippen LogP contribution in [0.25, 0.3) is 0 Å². The van der Waals surface area contributed by atoms with Gasteiger partial charge >= 0.3 is 0 Å². The third-order valence-corrected chi connectivity index (χ3v) is 4.89. The largest absolute Gasteiger partial charge is 0.359 e. The fraction of sp³-hybridized carbons (Fsp3) is 0.261. The summed E-state index contributed by atoms with van der Waals surface area (Å²) >= 11 is 0. The SMILES string of the molecule is CCC(C)N(Cc1cc(C(=O)NCc2ccc(F)cc2)no1)C(=O)c1ccccc1. The second-order valence-electron chi connectivity index (χ2n) is 7.04.